The number of benzene rings is 1. The van der Waals surface area contributed by atoms with Gasteiger partial charge in [-0.05, 0) is 23.8 Å². The standard InChI is InChI=1S/C17H14N4O2/c22-16-12-5-3-7-18-15(12)21-17(23)14(20-16)8-10-9-19-13-6-2-1-4-11(10)13/h1-7,9,14,19H,8H2,(H,20,22)(H,18,21,23)/t14-/m0/s1. The van der Waals surface area contributed by atoms with E-state index >= 15 is 0 Å². The first-order valence-electron chi connectivity index (χ1n) is 7.34. The topological polar surface area (TPSA) is 86.9 Å². The second kappa shape index (κ2) is 5.24. The van der Waals surface area contributed by atoms with Crippen LogP contribution in [0, 0.1) is 0 Å². The molecule has 3 N–H and O–H groups in total. The first-order valence-corrected chi connectivity index (χ1v) is 7.34. The van der Waals surface area contributed by atoms with E-state index in [1.54, 1.807) is 18.3 Å². The lowest BCUT2D eigenvalue weighted by molar-refractivity contribution is -0.117. The normalized spacial score (nSPS) is 17.3. The van der Waals surface area contributed by atoms with Gasteiger partial charge in [0.2, 0.25) is 5.91 Å². The predicted molar refractivity (Wildman–Crippen MR) is 86.1 cm³/mol. The maximum atomic E-state index is 12.4. The van der Waals surface area contributed by atoms with Gasteiger partial charge in [-0.3, -0.25) is 9.59 Å². The number of anilines is 1. The number of nitrogens with one attached hydrogen (secondary N) is 3. The third-order valence-corrected chi connectivity index (χ3v) is 4.01. The minimum atomic E-state index is -0.643. The molecule has 0 saturated heterocycles. The van der Waals surface area contributed by atoms with E-state index in [1.165, 1.54) is 0 Å². The third-order valence-electron chi connectivity index (χ3n) is 4.01. The van der Waals surface area contributed by atoms with Gasteiger partial charge in [-0.1, -0.05) is 18.2 Å². The number of fused-ring (bicyclic) bond motifs is 2. The van der Waals surface area contributed by atoms with Crippen molar-refractivity contribution in [3.05, 3.63) is 59.9 Å². The Hall–Kier alpha value is -3.15. The Morgan fingerprint density at radius 2 is 1.96 bits per heavy atom. The quantitative estimate of drug-likeness (QED) is 0.675. The van der Waals surface area contributed by atoms with E-state index in [1.807, 2.05) is 30.5 Å². The fourth-order valence-corrected chi connectivity index (χ4v) is 2.86. The van der Waals surface area contributed by atoms with E-state index in [9.17, 15) is 9.59 Å². The maximum absolute atomic E-state index is 12.4. The monoisotopic (exact) mass is 306 g/mol. The molecule has 0 bridgehead atoms. The average molecular weight is 306 g/mol. The summed E-state index contributed by atoms with van der Waals surface area (Å²) in [6, 6.07) is 10.5. The second-order valence-corrected chi connectivity index (χ2v) is 5.48. The number of nitrogens with zero attached hydrogens (tertiary/aromatic N) is 1. The summed E-state index contributed by atoms with van der Waals surface area (Å²) in [6.07, 6.45) is 3.84. The highest BCUT2D eigenvalue weighted by atomic mass is 16.2. The smallest absolute Gasteiger partial charge is 0.255 e. The van der Waals surface area contributed by atoms with Crippen molar-refractivity contribution in [2.24, 2.45) is 0 Å². The van der Waals surface area contributed by atoms with Crippen LogP contribution in [-0.4, -0.2) is 27.8 Å². The van der Waals surface area contributed by atoms with Gasteiger partial charge in [0.1, 0.15) is 11.9 Å². The number of aromatic amines is 1. The molecule has 0 saturated carbocycles. The lowest BCUT2D eigenvalue weighted by Crippen LogP contribution is -2.42. The van der Waals surface area contributed by atoms with Crippen LogP contribution in [0.25, 0.3) is 10.9 Å². The highest BCUT2D eigenvalue weighted by Crippen LogP contribution is 2.21. The number of carbonyl (C=O) groups excluding carboxylic acids is 2. The molecule has 2 amide bonds. The SMILES string of the molecule is O=C1N[C@@H](Cc2c[nH]c3ccccc23)C(=O)Nc2ncccc21. The van der Waals surface area contributed by atoms with Crippen LogP contribution in [0.3, 0.4) is 0 Å². The lowest BCUT2D eigenvalue weighted by atomic mass is 10.0. The van der Waals surface area contributed by atoms with E-state index < -0.39 is 6.04 Å². The Kier molecular flexibility index (Phi) is 3.08. The zero-order chi connectivity index (χ0) is 15.8. The Bertz CT molecular complexity index is 916. The molecular formula is C17H14N4O2. The summed E-state index contributed by atoms with van der Waals surface area (Å²) < 4.78 is 0. The molecule has 1 aliphatic rings. The van der Waals surface area contributed by atoms with Crippen molar-refractivity contribution in [2.75, 3.05) is 5.32 Å². The van der Waals surface area contributed by atoms with Crippen molar-refractivity contribution in [3.63, 3.8) is 0 Å². The zero-order valence-corrected chi connectivity index (χ0v) is 12.2. The molecule has 0 radical (unpaired) electrons. The number of pyridine rings is 1. The molecule has 4 rings (SSSR count). The minimum Gasteiger partial charge on any atom is -0.361 e. The van der Waals surface area contributed by atoms with E-state index in [-0.39, 0.29) is 11.8 Å². The van der Waals surface area contributed by atoms with Crippen molar-refractivity contribution in [1.29, 1.82) is 0 Å². The highest BCUT2D eigenvalue weighted by molar-refractivity contribution is 6.09. The minimum absolute atomic E-state index is 0.263. The van der Waals surface area contributed by atoms with Gasteiger partial charge in [-0.15, -0.1) is 0 Å². The van der Waals surface area contributed by atoms with E-state index in [2.05, 4.69) is 20.6 Å². The molecule has 3 aromatic rings. The summed E-state index contributed by atoms with van der Waals surface area (Å²) in [4.78, 5) is 32.0. The number of amides is 2. The molecular weight excluding hydrogens is 292 g/mol. The number of hydrogen-bond donors (Lipinski definition) is 3. The molecule has 1 aromatic carbocycles. The van der Waals surface area contributed by atoms with Crippen LogP contribution >= 0.6 is 0 Å². The second-order valence-electron chi connectivity index (χ2n) is 5.48. The largest absolute Gasteiger partial charge is 0.361 e. The summed E-state index contributed by atoms with van der Waals surface area (Å²) in [7, 11) is 0. The molecule has 0 spiro atoms. The Morgan fingerprint density at radius 3 is 2.87 bits per heavy atom. The van der Waals surface area contributed by atoms with Crippen molar-refractivity contribution in [2.45, 2.75) is 12.5 Å². The van der Waals surface area contributed by atoms with Crippen LogP contribution in [0.5, 0.6) is 0 Å². The molecule has 1 aliphatic heterocycles. The number of rotatable bonds is 2. The Labute approximate surface area is 131 Å². The summed E-state index contributed by atoms with van der Waals surface area (Å²) in [5, 5.41) is 6.55. The van der Waals surface area contributed by atoms with E-state index in [0.717, 1.165) is 16.5 Å². The first kappa shape index (κ1) is 13.5. The van der Waals surface area contributed by atoms with Crippen LogP contribution in [0.2, 0.25) is 0 Å². The number of aromatic nitrogens is 2. The van der Waals surface area contributed by atoms with Gasteiger partial charge >= 0.3 is 0 Å². The molecule has 114 valence electrons. The van der Waals surface area contributed by atoms with Gasteiger partial charge in [0, 0.05) is 29.7 Å². The first-order chi connectivity index (χ1) is 11.2. The molecule has 0 unspecified atom stereocenters. The highest BCUT2D eigenvalue weighted by Gasteiger charge is 2.29. The van der Waals surface area contributed by atoms with Gasteiger partial charge in [-0.25, -0.2) is 4.98 Å². The fraction of sp³-hybridized carbons (Fsp3) is 0.118. The Balaban J connectivity index is 1.65. The fourth-order valence-electron chi connectivity index (χ4n) is 2.86. The van der Waals surface area contributed by atoms with Gasteiger partial charge in [0.25, 0.3) is 5.91 Å². The van der Waals surface area contributed by atoms with Gasteiger partial charge in [0.15, 0.2) is 0 Å². The number of hydrogen-bond acceptors (Lipinski definition) is 3. The van der Waals surface area contributed by atoms with Crippen LogP contribution in [0.15, 0.2) is 48.8 Å². The van der Waals surface area contributed by atoms with Crippen LogP contribution < -0.4 is 10.6 Å². The van der Waals surface area contributed by atoms with Crippen molar-refractivity contribution >= 4 is 28.5 Å². The maximum Gasteiger partial charge on any atom is 0.255 e. The third kappa shape index (κ3) is 2.34. The van der Waals surface area contributed by atoms with Gasteiger partial charge in [0.05, 0.1) is 5.56 Å². The molecule has 2 aromatic heterocycles. The van der Waals surface area contributed by atoms with Crippen LogP contribution in [0.4, 0.5) is 5.82 Å². The Morgan fingerprint density at radius 1 is 1.09 bits per heavy atom. The summed E-state index contributed by atoms with van der Waals surface area (Å²) in [5.41, 5.74) is 2.37. The molecule has 1 atom stereocenters. The molecule has 6 nitrogen and oxygen atoms in total. The summed E-state index contributed by atoms with van der Waals surface area (Å²) in [5.74, 6) is -0.256. The lowest BCUT2D eigenvalue weighted by Gasteiger charge is -2.13. The van der Waals surface area contributed by atoms with Crippen LogP contribution in [0.1, 0.15) is 15.9 Å². The molecule has 6 heteroatoms. The average Bonchev–Trinajstić information content (AvgIpc) is 2.92. The van der Waals surface area contributed by atoms with E-state index in [4.69, 9.17) is 0 Å². The predicted octanol–water partition coefficient (Wildman–Crippen LogP) is 1.86. The van der Waals surface area contributed by atoms with Gasteiger partial charge in [-0.2, -0.15) is 0 Å². The number of H-pyrrole nitrogens is 1. The van der Waals surface area contributed by atoms with Gasteiger partial charge < -0.3 is 15.6 Å². The van der Waals surface area contributed by atoms with Crippen molar-refractivity contribution < 1.29 is 9.59 Å². The molecule has 3 heterocycles. The zero-order valence-electron chi connectivity index (χ0n) is 12.2. The summed E-state index contributed by atoms with van der Waals surface area (Å²) in [6.45, 7) is 0. The molecule has 23 heavy (non-hydrogen) atoms. The number of para-hydroxylation sites is 1. The summed E-state index contributed by atoms with van der Waals surface area (Å²) >= 11 is 0. The van der Waals surface area contributed by atoms with Crippen molar-refractivity contribution in [3.8, 4) is 0 Å². The number of carbonyl (C=O) groups is 2. The molecule has 0 aliphatic carbocycles. The van der Waals surface area contributed by atoms with E-state index in [0.29, 0.717) is 17.8 Å². The molecule has 0 fully saturated rings. The van der Waals surface area contributed by atoms with Crippen LogP contribution in [-0.2, 0) is 11.2 Å². The van der Waals surface area contributed by atoms with Crippen molar-refractivity contribution in [1.82, 2.24) is 15.3 Å².